The summed E-state index contributed by atoms with van der Waals surface area (Å²) < 4.78 is 5.82. The molecule has 2 aromatic rings. The Bertz CT molecular complexity index is 730. The predicted octanol–water partition coefficient (Wildman–Crippen LogP) is 4.86. The summed E-state index contributed by atoms with van der Waals surface area (Å²) in [6.45, 7) is 0. The van der Waals surface area contributed by atoms with Crippen molar-refractivity contribution >= 4 is 17.5 Å². The molecule has 4 nitrogen and oxygen atoms in total. The molecule has 2 fully saturated rings. The number of hydrogen-bond donors (Lipinski definition) is 0. The second-order valence-corrected chi connectivity index (χ2v) is 7.53. The van der Waals surface area contributed by atoms with Gasteiger partial charge >= 0.3 is 0 Å². The molecular weight excluding hydrogens is 336 g/mol. The molecule has 2 aliphatic carbocycles. The van der Waals surface area contributed by atoms with Crippen LogP contribution in [-0.2, 0) is 11.2 Å². The van der Waals surface area contributed by atoms with E-state index in [0.717, 1.165) is 5.56 Å². The van der Waals surface area contributed by atoms with Crippen LogP contribution in [-0.4, -0.2) is 27.9 Å². The van der Waals surface area contributed by atoms with Crippen LogP contribution in [0.5, 0.6) is 0 Å². The van der Waals surface area contributed by atoms with E-state index in [1.807, 2.05) is 24.3 Å². The van der Waals surface area contributed by atoms with Crippen molar-refractivity contribution in [2.45, 2.75) is 63.5 Å². The lowest BCUT2D eigenvalue weighted by atomic mass is 10.1. The lowest BCUT2D eigenvalue weighted by Gasteiger charge is -2.29. The average Bonchev–Trinajstić information content (AvgIpc) is 3.11. The molecule has 132 valence electrons. The first kappa shape index (κ1) is 16.6. The smallest absolute Gasteiger partial charge is 0.223 e. The number of carbonyl (C=O) groups is 1. The Balaban J connectivity index is 1.37. The molecule has 0 bridgehead atoms. The van der Waals surface area contributed by atoms with Gasteiger partial charge in [-0.1, -0.05) is 24.4 Å². The number of rotatable bonds is 6. The van der Waals surface area contributed by atoms with Gasteiger partial charge in [-0.2, -0.15) is 0 Å². The molecule has 1 heterocycles. The molecule has 0 atom stereocenters. The van der Waals surface area contributed by atoms with E-state index in [-0.39, 0.29) is 5.91 Å². The maximum absolute atomic E-state index is 12.7. The summed E-state index contributed by atoms with van der Waals surface area (Å²) in [6.07, 6.45) is 9.94. The monoisotopic (exact) mass is 358 g/mol. The Hall–Kier alpha value is -1.81. The number of amides is 1. The first-order valence-corrected chi connectivity index (χ1v) is 9.60. The Kier molecular flexibility index (Phi) is 4.80. The summed E-state index contributed by atoms with van der Waals surface area (Å²) in [5.74, 6) is 1.61. The van der Waals surface area contributed by atoms with Crippen molar-refractivity contribution in [2.24, 2.45) is 0 Å². The highest BCUT2D eigenvalue weighted by Gasteiger charge is 2.37. The van der Waals surface area contributed by atoms with Crippen molar-refractivity contribution in [1.29, 1.82) is 0 Å². The Morgan fingerprint density at radius 2 is 1.80 bits per heavy atom. The predicted molar refractivity (Wildman–Crippen MR) is 97.4 cm³/mol. The number of hydrogen-bond acceptors (Lipinski definition) is 3. The van der Waals surface area contributed by atoms with Gasteiger partial charge in [0, 0.05) is 35.5 Å². The average molecular weight is 359 g/mol. The lowest BCUT2D eigenvalue weighted by molar-refractivity contribution is -0.134. The van der Waals surface area contributed by atoms with Crippen molar-refractivity contribution in [3.8, 4) is 11.3 Å². The van der Waals surface area contributed by atoms with E-state index in [9.17, 15) is 4.79 Å². The molecule has 0 spiro atoms. The zero-order valence-corrected chi connectivity index (χ0v) is 15.0. The highest BCUT2D eigenvalue weighted by Crippen LogP contribution is 2.35. The molecule has 2 saturated carbocycles. The van der Waals surface area contributed by atoms with E-state index in [4.69, 9.17) is 16.0 Å². The topological polar surface area (TPSA) is 46.3 Å². The maximum atomic E-state index is 12.7. The fraction of sp³-hybridized carbons (Fsp3) is 0.500. The highest BCUT2D eigenvalue weighted by molar-refractivity contribution is 6.30. The third-order valence-corrected chi connectivity index (χ3v) is 5.43. The van der Waals surface area contributed by atoms with Gasteiger partial charge in [0.1, 0.15) is 0 Å². The molecule has 4 rings (SSSR count). The molecule has 1 aromatic heterocycles. The van der Waals surface area contributed by atoms with E-state index in [0.29, 0.717) is 41.6 Å². The minimum Gasteiger partial charge on any atom is -0.441 e. The van der Waals surface area contributed by atoms with Crippen LogP contribution < -0.4 is 0 Å². The maximum Gasteiger partial charge on any atom is 0.223 e. The van der Waals surface area contributed by atoms with Gasteiger partial charge in [0.05, 0.1) is 6.20 Å². The summed E-state index contributed by atoms with van der Waals surface area (Å²) in [5.41, 5.74) is 0.944. The van der Waals surface area contributed by atoms with Crippen LogP contribution in [0.4, 0.5) is 0 Å². The molecule has 1 aromatic carbocycles. The molecule has 0 aliphatic heterocycles. The zero-order chi connectivity index (χ0) is 17.2. The van der Waals surface area contributed by atoms with Crippen molar-refractivity contribution in [1.82, 2.24) is 9.88 Å². The minimum atomic E-state index is 0.264. The van der Waals surface area contributed by atoms with Crippen LogP contribution in [0.1, 0.15) is 50.8 Å². The number of aryl methyl sites for hydroxylation is 1. The van der Waals surface area contributed by atoms with E-state index in [2.05, 4.69) is 9.88 Å². The highest BCUT2D eigenvalue weighted by atomic mass is 35.5. The quantitative estimate of drug-likeness (QED) is 0.740. The van der Waals surface area contributed by atoms with Crippen molar-refractivity contribution in [2.75, 3.05) is 0 Å². The fourth-order valence-electron chi connectivity index (χ4n) is 3.76. The van der Waals surface area contributed by atoms with Crippen LogP contribution in [0.25, 0.3) is 11.3 Å². The zero-order valence-electron chi connectivity index (χ0n) is 14.3. The minimum absolute atomic E-state index is 0.264. The van der Waals surface area contributed by atoms with Crippen molar-refractivity contribution < 1.29 is 9.21 Å². The van der Waals surface area contributed by atoms with Gasteiger partial charge in [0.25, 0.3) is 0 Å². The van der Waals surface area contributed by atoms with Crippen LogP contribution in [0.2, 0.25) is 5.02 Å². The molecule has 0 unspecified atom stereocenters. The van der Waals surface area contributed by atoms with Gasteiger partial charge in [-0.25, -0.2) is 4.98 Å². The Morgan fingerprint density at radius 3 is 2.48 bits per heavy atom. The summed E-state index contributed by atoms with van der Waals surface area (Å²) in [7, 11) is 0. The third kappa shape index (κ3) is 3.90. The normalized spacial score (nSPS) is 17.8. The van der Waals surface area contributed by atoms with Gasteiger partial charge in [-0.15, -0.1) is 0 Å². The van der Waals surface area contributed by atoms with E-state index >= 15 is 0 Å². The standard InChI is InChI=1S/C20H23ClN2O2/c21-15-7-5-14(6-8-15)18-13-22-19(25-18)11-12-20(24)23(17-9-10-17)16-3-1-2-4-16/h5-8,13,16-17H,1-4,9-12H2. The summed E-state index contributed by atoms with van der Waals surface area (Å²) in [6, 6.07) is 8.44. The molecule has 0 N–H and O–H groups in total. The third-order valence-electron chi connectivity index (χ3n) is 5.18. The number of oxazole rings is 1. The first-order valence-electron chi connectivity index (χ1n) is 9.22. The van der Waals surface area contributed by atoms with E-state index < -0.39 is 0 Å². The largest absolute Gasteiger partial charge is 0.441 e. The van der Waals surface area contributed by atoms with Crippen molar-refractivity contribution in [3.05, 3.63) is 41.4 Å². The van der Waals surface area contributed by atoms with Crippen LogP contribution >= 0.6 is 11.6 Å². The molecule has 25 heavy (non-hydrogen) atoms. The van der Waals surface area contributed by atoms with Crippen molar-refractivity contribution in [3.63, 3.8) is 0 Å². The SMILES string of the molecule is O=C(CCc1ncc(-c2ccc(Cl)cc2)o1)N(C1CCCC1)C1CC1. The number of aromatic nitrogens is 1. The van der Waals surface area contributed by atoms with Gasteiger partial charge in [-0.3, -0.25) is 4.79 Å². The Morgan fingerprint density at radius 1 is 1.12 bits per heavy atom. The molecule has 5 heteroatoms. The van der Waals surface area contributed by atoms with Crippen LogP contribution in [0.3, 0.4) is 0 Å². The first-order chi connectivity index (χ1) is 12.2. The van der Waals surface area contributed by atoms with Crippen LogP contribution in [0, 0.1) is 0 Å². The lowest BCUT2D eigenvalue weighted by Crippen LogP contribution is -2.40. The van der Waals surface area contributed by atoms with Gasteiger partial charge in [0.2, 0.25) is 5.91 Å². The van der Waals surface area contributed by atoms with Gasteiger partial charge in [0.15, 0.2) is 11.7 Å². The van der Waals surface area contributed by atoms with E-state index in [1.54, 1.807) is 6.20 Å². The number of carbonyl (C=O) groups excluding carboxylic acids is 1. The molecular formula is C20H23ClN2O2. The Labute approximate surface area is 153 Å². The fourth-order valence-corrected chi connectivity index (χ4v) is 3.88. The van der Waals surface area contributed by atoms with Gasteiger partial charge in [-0.05, 0) is 49.9 Å². The second-order valence-electron chi connectivity index (χ2n) is 7.10. The summed E-state index contributed by atoms with van der Waals surface area (Å²) in [4.78, 5) is 19.3. The number of nitrogens with zero attached hydrogens (tertiary/aromatic N) is 2. The number of benzene rings is 1. The molecule has 1 amide bonds. The van der Waals surface area contributed by atoms with E-state index in [1.165, 1.54) is 38.5 Å². The second kappa shape index (κ2) is 7.20. The summed E-state index contributed by atoms with van der Waals surface area (Å²) >= 11 is 5.91. The molecule has 0 radical (unpaired) electrons. The molecule has 2 aliphatic rings. The van der Waals surface area contributed by atoms with Gasteiger partial charge < -0.3 is 9.32 Å². The summed E-state index contributed by atoms with van der Waals surface area (Å²) in [5, 5.41) is 0.696. The number of halogens is 1. The van der Waals surface area contributed by atoms with Crippen LogP contribution in [0.15, 0.2) is 34.9 Å². The molecule has 0 saturated heterocycles.